The SMILES string of the molecule is O=[N+]([O-])c1ccc2c(c1)c1ccccc1n2-c1ccccn1. The zero-order chi connectivity index (χ0) is 15.1. The van der Waals surface area contributed by atoms with Crippen molar-refractivity contribution in [1.29, 1.82) is 0 Å². The van der Waals surface area contributed by atoms with Crippen molar-refractivity contribution in [3.8, 4) is 5.82 Å². The fourth-order valence-corrected chi connectivity index (χ4v) is 2.81. The van der Waals surface area contributed by atoms with E-state index in [9.17, 15) is 10.1 Å². The molecule has 4 rings (SSSR count). The van der Waals surface area contributed by atoms with Gasteiger partial charge in [-0.2, -0.15) is 0 Å². The van der Waals surface area contributed by atoms with Crippen molar-refractivity contribution < 1.29 is 4.92 Å². The maximum Gasteiger partial charge on any atom is 0.270 e. The minimum atomic E-state index is -0.369. The normalized spacial score (nSPS) is 11.1. The Bertz CT molecular complexity index is 1010. The van der Waals surface area contributed by atoms with Crippen molar-refractivity contribution in [2.75, 3.05) is 0 Å². The first-order valence-electron chi connectivity index (χ1n) is 6.85. The number of nitro groups is 1. The van der Waals surface area contributed by atoms with E-state index in [1.54, 1.807) is 18.3 Å². The molecule has 0 aliphatic heterocycles. The molecule has 5 heteroatoms. The van der Waals surface area contributed by atoms with Gasteiger partial charge in [-0.05, 0) is 24.3 Å². The van der Waals surface area contributed by atoms with Crippen LogP contribution in [0.1, 0.15) is 0 Å². The first kappa shape index (κ1) is 12.5. The molecule has 0 amide bonds. The Morgan fingerprint density at radius 3 is 2.45 bits per heavy atom. The summed E-state index contributed by atoms with van der Waals surface area (Å²) >= 11 is 0. The molecule has 0 aliphatic carbocycles. The van der Waals surface area contributed by atoms with Gasteiger partial charge in [-0.3, -0.25) is 14.7 Å². The molecule has 0 bridgehead atoms. The zero-order valence-corrected chi connectivity index (χ0v) is 11.5. The Morgan fingerprint density at radius 2 is 1.68 bits per heavy atom. The Hall–Kier alpha value is -3.21. The number of hydrogen-bond acceptors (Lipinski definition) is 3. The van der Waals surface area contributed by atoms with Crippen LogP contribution in [0.2, 0.25) is 0 Å². The Morgan fingerprint density at radius 1 is 0.909 bits per heavy atom. The maximum atomic E-state index is 11.0. The predicted octanol–water partition coefficient (Wildman–Crippen LogP) is 4.09. The van der Waals surface area contributed by atoms with Crippen LogP contribution in [0, 0.1) is 10.1 Å². The van der Waals surface area contributed by atoms with Crippen LogP contribution in [0.15, 0.2) is 66.9 Å². The molecule has 0 saturated heterocycles. The third kappa shape index (κ3) is 1.76. The van der Waals surface area contributed by atoms with Crippen LogP contribution in [0.3, 0.4) is 0 Å². The van der Waals surface area contributed by atoms with Gasteiger partial charge in [0.25, 0.3) is 5.69 Å². The second-order valence-corrected chi connectivity index (χ2v) is 5.00. The van der Waals surface area contributed by atoms with Crippen molar-refractivity contribution in [2.45, 2.75) is 0 Å². The number of nitrogens with zero attached hydrogens (tertiary/aromatic N) is 3. The van der Waals surface area contributed by atoms with Crippen LogP contribution in [-0.4, -0.2) is 14.5 Å². The van der Waals surface area contributed by atoms with Gasteiger partial charge in [-0.25, -0.2) is 4.98 Å². The predicted molar refractivity (Wildman–Crippen MR) is 85.2 cm³/mol. The van der Waals surface area contributed by atoms with Crippen LogP contribution in [-0.2, 0) is 0 Å². The molecule has 2 aromatic heterocycles. The molecule has 2 aromatic carbocycles. The van der Waals surface area contributed by atoms with E-state index in [4.69, 9.17) is 0 Å². The molecule has 0 aliphatic rings. The zero-order valence-electron chi connectivity index (χ0n) is 11.5. The number of rotatable bonds is 2. The lowest BCUT2D eigenvalue weighted by atomic mass is 10.1. The van der Waals surface area contributed by atoms with E-state index in [-0.39, 0.29) is 10.6 Å². The van der Waals surface area contributed by atoms with Gasteiger partial charge in [-0.15, -0.1) is 0 Å². The number of aromatic nitrogens is 2. The van der Waals surface area contributed by atoms with Crippen LogP contribution >= 0.6 is 0 Å². The van der Waals surface area contributed by atoms with E-state index in [0.717, 1.165) is 27.6 Å². The number of nitro benzene ring substituents is 1. The summed E-state index contributed by atoms with van der Waals surface area (Å²) in [6.07, 6.45) is 1.74. The molecular weight excluding hydrogens is 278 g/mol. The standard InChI is InChI=1S/C17H11N3O2/c21-20(22)12-8-9-16-14(11-12)13-5-1-2-6-15(13)19(16)17-7-3-4-10-18-17/h1-11H. The number of fused-ring (bicyclic) bond motifs is 3. The lowest BCUT2D eigenvalue weighted by Gasteiger charge is -2.05. The summed E-state index contributed by atoms with van der Waals surface area (Å²) in [6, 6.07) is 18.5. The smallest absolute Gasteiger partial charge is 0.270 e. The van der Waals surface area contributed by atoms with Crippen molar-refractivity contribution >= 4 is 27.5 Å². The molecule has 4 aromatic rings. The molecule has 0 unspecified atom stereocenters. The average molecular weight is 289 g/mol. The third-order valence-corrected chi connectivity index (χ3v) is 3.75. The maximum absolute atomic E-state index is 11.0. The molecule has 5 nitrogen and oxygen atoms in total. The summed E-state index contributed by atoms with van der Waals surface area (Å²) in [5.41, 5.74) is 1.98. The molecule has 106 valence electrons. The number of pyridine rings is 1. The van der Waals surface area contributed by atoms with E-state index < -0.39 is 0 Å². The average Bonchev–Trinajstić information content (AvgIpc) is 2.89. The minimum Gasteiger partial charge on any atom is -0.294 e. The minimum absolute atomic E-state index is 0.0939. The van der Waals surface area contributed by atoms with Gasteiger partial charge in [0.1, 0.15) is 5.82 Å². The molecular formula is C17H11N3O2. The summed E-state index contributed by atoms with van der Waals surface area (Å²) < 4.78 is 2.02. The van der Waals surface area contributed by atoms with E-state index >= 15 is 0 Å². The second kappa shape index (κ2) is 4.66. The number of hydrogen-bond donors (Lipinski definition) is 0. The highest BCUT2D eigenvalue weighted by Gasteiger charge is 2.15. The summed E-state index contributed by atoms with van der Waals surface area (Å²) in [6.45, 7) is 0. The van der Waals surface area contributed by atoms with Crippen molar-refractivity contribution in [3.05, 3.63) is 77.0 Å². The van der Waals surface area contributed by atoms with Gasteiger partial charge >= 0.3 is 0 Å². The van der Waals surface area contributed by atoms with Gasteiger partial charge in [0, 0.05) is 29.1 Å². The topological polar surface area (TPSA) is 61.0 Å². The van der Waals surface area contributed by atoms with E-state index in [1.807, 2.05) is 47.0 Å². The van der Waals surface area contributed by atoms with Crippen molar-refractivity contribution in [1.82, 2.24) is 9.55 Å². The van der Waals surface area contributed by atoms with Gasteiger partial charge in [0.05, 0.1) is 16.0 Å². The third-order valence-electron chi connectivity index (χ3n) is 3.75. The van der Waals surface area contributed by atoms with E-state index in [2.05, 4.69) is 4.98 Å². The van der Waals surface area contributed by atoms with Gasteiger partial charge in [-0.1, -0.05) is 24.3 Å². The quantitative estimate of drug-likeness (QED) is 0.412. The lowest BCUT2D eigenvalue weighted by Crippen LogP contribution is -1.96. The van der Waals surface area contributed by atoms with Gasteiger partial charge in [0.2, 0.25) is 0 Å². The van der Waals surface area contributed by atoms with Crippen molar-refractivity contribution in [2.24, 2.45) is 0 Å². The first-order chi connectivity index (χ1) is 10.8. The second-order valence-electron chi connectivity index (χ2n) is 5.00. The summed E-state index contributed by atoms with van der Waals surface area (Å²) in [5, 5.41) is 12.9. The molecule has 0 saturated carbocycles. The highest BCUT2D eigenvalue weighted by Crippen LogP contribution is 2.33. The van der Waals surface area contributed by atoms with Crippen LogP contribution in [0.4, 0.5) is 5.69 Å². The molecule has 0 spiro atoms. The molecule has 0 fully saturated rings. The van der Waals surface area contributed by atoms with Crippen molar-refractivity contribution in [3.63, 3.8) is 0 Å². The highest BCUT2D eigenvalue weighted by atomic mass is 16.6. The Kier molecular flexibility index (Phi) is 2.66. The summed E-state index contributed by atoms with van der Waals surface area (Å²) in [4.78, 5) is 15.1. The molecule has 0 atom stereocenters. The Labute approximate surface area is 125 Å². The lowest BCUT2D eigenvalue weighted by molar-refractivity contribution is -0.384. The highest BCUT2D eigenvalue weighted by molar-refractivity contribution is 6.09. The Balaban J connectivity index is 2.17. The number of benzene rings is 2. The summed E-state index contributed by atoms with van der Waals surface area (Å²) in [5.74, 6) is 0.794. The molecule has 0 radical (unpaired) electrons. The van der Waals surface area contributed by atoms with Crippen LogP contribution < -0.4 is 0 Å². The fraction of sp³-hybridized carbons (Fsp3) is 0. The monoisotopic (exact) mass is 289 g/mol. The van der Waals surface area contributed by atoms with Crippen LogP contribution in [0.25, 0.3) is 27.6 Å². The number of non-ortho nitro benzene ring substituents is 1. The van der Waals surface area contributed by atoms with Gasteiger partial charge < -0.3 is 0 Å². The summed E-state index contributed by atoms with van der Waals surface area (Å²) in [7, 11) is 0. The van der Waals surface area contributed by atoms with E-state index in [1.165, 1.54) is 6.07 Å². The van der Waals surface area contributed by atoms with E-state index in [0.29, 0.717) is 0 Å². The van der Waals surface area contributed by atoms with Crippen LogP contribution in [0.5, 0.6) is 0 Å². The van der Waals surface area contributed by atoms with Gasteiger partial charge in [0.15, 0.2) is 0 Å². The first-order valence-corrected chi connectivity index (χ1v) is 6.85. The molecule has 0 N–H and O–H groups in total. The molecule has 2 heterocycles. The number of para-hydroxylation sites is 1. The fourth-order valence-electron chi connectivity index (χ4n) is 2.81. The largest absolute Gasteiger partial charge is 0.294 e. The molecule has 22 heavy (non-hydrogen) atoms.